The van der Waals surface area contributed by atoms with Crippen LogP contribution in [0.4, 0.5) is 4.79 Å². The van der Waals surface area contributed by atoms with Gasteiger partial charge in [0.1, 0.15) is 5.60 Å². The van der Waals surface area contributed by atoms with Crippen molar-refractivity contribution in [3.8, 4) is 6.07 Å². The highest BCUT2D eigenvalue weighted by atomic mass is 16.6. The van der Waals surface area contributed by atoms with Gasteiger partial charge < -0.3 is 10.1 Å². The molecular formula is C17H20N2O3. The largest absolute Gasteiger partial charge is 0.444 e. The van der Waals surface area contributed by atoms with Crippen molar-refractivity contribution in [2.45, 2.75) is 32.8 Å². The summed E-state index contributed by atoms with van der Waals surface area (Å²) in [7, 11) is 0. The van der Waals surface area contributed by atoms with Crippen LogP contribution in [0.1, 0.15) is 43.1 Å². The second kappa shape index (κ2) is 7.99. The van der Waals surface area contributed by atoms with Gasteiger partial charge in [-0.25, -0.2) is 4.79 Å². The van der Waals surface area contributed by atoms with E-state index in [2.05, 4.69) is 5.32 Å². The molecule has 22 heavy (non-hydrogen) atoms. The third-order valence-electron chi connectivity index (χ3n) is 2.56. The Morgan fingerprint density at radius 3 is 2.64 bits per heavy atom. The Kier molecular flexibility index (Phi) is 6.33. The summed E-state index contributed by atoms with van der Waals surface area (Å²) in [5.41, 5.74) is 0.677. The van der Waals surface area contributed by atoms with Crippen LogP contribution >= 0.6 is 0 Å². The average Bonchev–Trinajstić information content (AvgIpc) is 2.42. The van der Waals surface area contributed by atoms with E-state index in [-0.39, 0.29) is 18.7 Å². The molecule has 5 nitrogen and oxygen atoms in total. The number of nitrogens with zero attached hydrogens (tertiary/aromatic N) is 1. The van der Waals surface area contributed by atoms with Gasteiger partial charge in [0.25, 0.3) is 0 Å². The highest BCUT2D eigenvalue weighted by Gasteiger charge is 2.15. The quantitative estimate of drug-likeness (QED) is 0.846. The molecule has 1 aromatic rings. The number of carbonyl (C=O) groups excluding carboxylic acids is 2. The number of ketones is 1. The summed E-state index contributed by atoms with van der Waals surface area (Å²) < 4.78 is 5.11. The van der Waals surface area contributed by atoms with Crippen LogP contribution in [-0.2, 0) is 4.74 Å². The van der Waals surface area contributed by atoms with Gasteiger partial charge in [0, 0.05) is 12.1 Å². The molecule has 0 saturated heterocycles. The van der Waals surface area contributed by atoms with Gasteiger partial charge >= 0.3 is 6.09 Å². The Bertz CT molecular complexity index is 607. The van der Waals surface area contributed by atoms with Gasteiger partial charge in [0.2, 0.25) is 0 Å². The van der Waals surface area contributed by atoms with Crippen LogP contribution < -0.4 is 5.32 Å². The van der Waals surface area contributed by atoms with Crippen molar-refractivity contribution >= 4 is 18.0 Å². The van der Waals surface area contributed by atoms with Crippen LogP contribution in [0.25, 0.3) is 6.08 Å². The molecule has 0 unspecified atom stereocenters. The number of benzene rings is 1. The van der Waals surface area contributed by atoms with Crippen molar-refractivity contribution in [3.05, 3.63) is 41.5 Å². The summed E-state index contributed by atoms with van der Waals surface area (Å²) in [6.45, 7) is 5.66. The van der Waals surface area contributed by atoms with Gasteiger partial charge in [-0.05, 0) is 26.3 Å². The summed E-state index contributed by atoms with van der Waals surface area (Å²) in [5.74, 6) is -0.220. The highest BCUT2D eigenvalue weighted by molar-refractivity contribution is 6.00. The third-order valence-corrected chi connectivity index (χ3v) is 2.56. The fourth-order valence-corrected chi connectivity index (χ4v) is 1.71. The van der Waals surface area contributed by atoms with Crippen LogP contribution in [-0.4, -0.2) is 24.0 Å². The molecular weight excluding hydrogens is 280 g/mol. The second-order valence-electron chi connectivity index (χ2n) is 5.63. The monoisotopic (exact) mass is 300 g/mol. The van der Waals surface area contributed by atoms with Crippen molar-refractivity contribution in [2.75, 3.05) is 6.54 Å². The molecule has 0 radical (unpaired) electrons. The fraction of sp³-hybridized carbons (Fsp3) is 0.353. The Balaban J connectivity index is 2.63. The van der Waals surface area contributed by atoms with Crippen LogP contribution in [0.5, 0.6) is 0 Å². The zero-order valence-corrected chi connectivity index (χ0v) is 13.1. The number of nitriles is 1. The topological polar surface area (TPSA) is 79.2 Å². The normalized spacial score (nSPS) is 11.0. The highest BCUT2D eigenvalue weighted by Crippen LogP contribution is 2.13. The van der Waals surface area contributed by atoms with E-state index in [0.29, 0.717) is 11.1 Å². The summed E-state index contributed by atoms with van der Waals surface area (Å²) in [4.78, 5) is 23.3. The fourth-order valence-electron chi connectivity index (χ4n) is 1.71. The van der Waals surface area contributed by atoms with Crippen LogP contribution in [0.15, 0.2) is 30.3 Å². The van der Waals surface area contributed by atoms with Gasteiger partial charge in [-0.15, -0.1) is 0 Å². The summed E-state index contributed by atoms with van der Waals surface area (Å²) >= 11 is 0. The van der Waals surface area contributed by atoms with Gasteiger partial charge in [-0.2, -0.15) is 5.26 Å². The Hall–Kier alpha value is -2.61. The summed E-state index contributed by atoms with van der Waals surface area (Å²) in [6.07, 6.45) is 2.82. The molecule has 116 valence electrons. The predicted octanol–water partition coefficient (Wildman–Crippen LogP) is 3.32. The van der Waals surface area contributed by atoms with E-state index in [4.69, 9.17) is 10.00 Å². The minimum absolute atomic E-state index is 0.152. The molecule has 0 aliphatic carbocycles. The lowest BCUT2D eigenvalue weighted by atomic mass is 10.0. The van der Waals surface area contributed by atoms with E-state index in [1.54, 1.807) is 51.1 Å². The van der Waals surface area contributed by atoms with Crippen LogP contribution in [0.3, 0.4) is 0 Å². The summed E-state index contributed by atoms with van der Waals surface area (Å²) in [5, 5.41) is 11.2. The van der Waals surface area contributed by atoms with E-state index in [1.807, 2.05) is 12.1 Å². The van der Waals surface area contributed by atoms with Crippen molar-refractivity contribution < 1.29 is 14.3 Å². The second-order valence-corrected chi connectivity index (χ2v) is 5.63. The standard InChI is InChI=1S/C17H20N2O3/c1-17(2,3)22-16(21)19-12-6-8-13-7-4-5-9-14(13)15(20)10-11-18/h4-9H,10,12H2,1-3H3,(H,19,21). The predicted molar refractivity (Wildman–Crippen MR) is 84.3 cm³/mol. The number of hydrogen-bond donors (Lipinski definition) is 1. The molecule has 0 saturated carbocycles. The maximum atomic E-state index is 11.8. The van der Waals surface area contributed by atoms with Gasteiger partial charge in [0.05, 0.1) is 12.5 Å². The SMILES string of the molecule is CC(C)(C)OC(=O)NCC=Cc1ccccc1C(=O)CC#N. The minimum Gasteiger partial charge on any atom is -0.444 e. The molecule has 1 amide bonds. The van der Waals surface area contributed by atoms with E-state index < -0.39 is 11.7 Å². The molecule has 0 spiro atoms. The molecule has 1 rings (SSSR count). The number of hydrogen-bond acceptors (Lipinski definition) is 4. The lowest BCUT2D eigenvalue weighted by Gasteiger charge is -2.19. The first-order valence-corrected chi connectivity index (χ1v) is 6.96. The minimum atomic E-state index is -0.538. The van der Waals surface area contributed by atoms with Crippen molar-refractivity contribution in [2.24, 2.45) is 0 Å². The molecule has 0 aliphatic rings. The molecule has 1 N–H and O–H groups in total. The van der Waals surface area contributed by atoms with Gasteiger partial charge in [-0.3, -0.25) is 4.79 Å². The average molecular weight is 300 g/mol. The first-order chi connectivity index (χ1) is 10.3. The molecule has 0 atom stereocenters. The van der Waals surface area contributed by atoms with Crippen molar-refractivity contribution in [1.82, 2.24) is 5.32 Å². The van der Waals surface area contributed by atoms with E-state index in [1.165, 1.54) is 0 Å². The smallest absolute Gasteiger partial charge is 0.407 e. The molecule has 0 bridgehead atoms. The number of alkyl carbamates (subject to hydrolysis) is 1. The van der Waals surface area contributed by atoms with Crippen molar-refractivity contribution in [1.29, 1.82) is 5.26 Å². The lowest BCUT2D eigenvalue weighted by molar-refractivity contribution is 0.0534. The molecule has 0 aromatic heterocycles. The number of carbonyl (C=O) groups is 2. The van der Waals surface area contributed by atoms with E-state index in [9.17, 15) is 9.59 Å². The molecule has 0 aliphatic heterocycles. The Morgan fingerprint density at radius 1 is 1.32 bits per heavy atom. The number of Topliss-reactive ketones (excluding diaryl/α,β-unsaturated/α-hetero) is 1. The molecule has 0 heterocycles. The first-order valence-electron chi connectivity index (χ1n) is 6.96. The van der Waals surface area contributed by atoms with Crippen LogP contribution in [0.2, 0.25) is 0 Å². The maximum absolute atomic E-state index is 11.8. The van der Waals surface area contributed by atoms with Crippen LogP contribution in [0, 0.1) is 11.3 Å². The molecule has 5 heteroatoms. The Morgan fingerprint density at radius 2 is 2.00 bits per heavy atom. The summed E-state index contributed by atoms with van der Waals surface area (Å²) in [6, 6.07) is 8.88. The first kappa shape index (κ1) is 17.4. The molecule has 1 aromatic carbocycles. The maximum Gasteiger partial charge on any atom is 0.407 e. The zero-order chi connectivity index (χ0) is 16.6. The van der Waals surface area contributed by atoms with E-state index >= 15 is 0 Å². The third kappa shape index (κ3) is 6.23. The number of ether oxygens (including phenoxy) is 1. The van der Waals surface area contributed by atoms with Crippen molar-refractivity contribution in [3.63, 3.8) is 0 Å². The van der Waals surface area contributed by atoms with Gasteiger partial charge in [-0.1, -0.05) is 36.4 Å². The molecule has 0 fully saturated rings. The zero-order valence-electron chi connectivity index (χ0n) is 13.1. The Labute approximate surface area is 130 Å². The number of amides is 1. The number of nitrogens with one attached hydrogen (secondary N) is 1. The van der Waals surface area contributed by atoms with E-state index in [0.717, 1.165) is 0 Å². The lowest BCUT2D eigenvalue weighted by Crippen LogP contribution is -2.32. The van der Waals surface area contributed by atoms with Gasteiger partial charge in [0.15, 0.2) is 5.78 Å². The number of rotatable bonds is 5.